The van der Waals surface area contributed by atoms with E-state index in [9.17, 15) is 0 Å². The molecule has 0 atom stereocenters. The first-order valence-corrected chi connectivity index (χ1v) is 6.31. The molecule has 102 valence electrons. The lowest BCUT2D eigenvalue weighted by atomic mass is 10.2. The maximum absolute atomic E-state index is 9.14. The van der Waals surface area contributed by atoms with E-state index in [4.69, 9.17) is 15.8 Å². The number of rotatable bonds is 4. The number of nitriles is 1. The topological polar surface area (TPSA) is 109 Å². The van der Waals surface area contributed by atoms with Crippen molar-refractivity contribution >= 4 is 33.3 Å². The number of hydrogen-bond acceptors (Lipinski definition) is 7. The molecule has 2 rings (SSSR count). The molecule has 1 aromatic heterocycles. The number of benzene rings is 1. The van der Waals surface area contributed by atoms with Crippen molar-refractivity contribution in [1.82, 2.24) is 9.97 Å². The van der Waals surface area contributed by atoms with Crippen molar-refractivity contribution in [3.8, 4) is 11.8 Å². The molecule has 0 fully saturated rings. The van der Waals surface area contributed by atoms with Gasteiger partial charge in [-0.3, -0.25) is 0 Å². The van der Waals surface area contributed by atoms with Crippen molar-refractivity contribution in [1.29, 1.82) is 5.26 Å². The highest BCUT2D eigenvalue weighted by molar-refractivity contribution is 9.10. The van der Waals surface area contributed by atoms with Crippen LogP contribution in [0.4, 0.5) is 17.3 Å². The van der Waals surface area contributed by atoms with E-state index in [0.717, 1.165) is 4.47 Å². The van der Waals surface area contributed by atoms with Gasteiger partial charge in [-0.1, -0.05) is 15.9 Å². The predicted molar refractivity (Wildman–Crippen MR) is 78.5 cm³/mol. The zero-order chi connectivity index (χ0) is 14.5. The van der Waals surface area contributed by atoms with Gasteiger partial charge in [0.05, 0.1) is 18.4 Å². The highest BCUT2D eigenvalue weighted by atomic mass is 79.9. The third-order valence-electron chi connectivity index (χ3n) is 2.50. The minimum absolute atomic E-state index is 0.348. The molecule has 1 heterocycles. The number of nitrogens with one attached hydrogen (secondary N) is 2. The maximum atomic E-state index is 9.14. The summed E-state index contributed by atoms with van der Waals surface area (Å²) in [6.07, 6.45) is 1.34. The Kier molecular flexibility index (Phi) is 4.34. The third kappa shape index (κ3) is 2.79. The van der Waals surface area contributed by atoms with Crippen LogP contribution in [0.1, 0.15) is 5.56 Å². The molecule has 1 aromatic carbocycles. The van der Waals surface area contributed by atoms with Crippen LogP contribution in [-0.2, 0) is 0 Å². The van der Waals surface area contributed by atoms with Gasteiger partial charge in [0.25, 0.3) is 0 Å². The van der Waals surface area contributed by atoms with Crippen LogP contribution in [-0.4, -0.2) is 17.1 Å². The largest absolute Gasteiger partial charge is 0.490 e. The Bertz CT molecular complexity index is 669. The smallest absolute Gasteiger partial charge is 0.205 e. The van der Waals surface area contributed by atoms with Gasteiger partial charge >= 0.3 is 0 Å². The molecule has 0 radical (unpaired) electrons. The molecule has 0 saturated heterocycles. The Morgan fingerprint density at radius 2 is 2.10 bits per heavy atom. The normalized spacial score (nSPS) is 9.70. The van der Waals surface area contributed by atoms with Crippen LogP contribution in [0.2, 0.25) is 0 Å². The van der Waals surface area contributed by atoms with Gasteiger partial charge in [-0.2, -0.15) is 5.26 Å². The molecule has 0 aliphatic rings. The molecule has 4 N–H and O–H groups in total. The maximum Gasteiger partial charge on any atom is 0.205 e. The average Bonchev–Trinajstić information content (AvgIpc) is 2.48. The first-order chi connectivity index (χ1) is 9.69. The van der Waals surface area contributed by atoms with Gasteiger partial charge in [-0.25, -0.2) is 15.8 Å². The van der Waals surface area contributed by atoms with Crippen molar-refractivity contribution < 1.29 is 4.74 Å². The second-order valence-corrected chi connectivity index (χ2v) is 4.59. The molecule has 0 saturated carbocycles. The van der Waals surface area contributed by atoms with Crippen LogP contribution < -0.4 is 21.3 Å². The second-order valence-electron chi connectivity index (χ2n) is 3.68. The number of nitrogen functional groups attached to an aromatic ring is 1. The van der Waals surface area contributed by atoms with E-state index in [-0.39, 0.29) is 0 Å². The Morgan fingerprint density at radius 3 is 2.75 bits per heavy atom. The molecule has 0 unspecified atom stereocenters. The highest BCUT2D eigenvalue weighted by Crippen LogP contribution is 2.32. The standard InChI is InChI=1S/C12H11BrN6O/c1-20-10-11(16-6-17-12(10)19-15)18-9-3-2-8(13)4-7(9)5-14/h2-4,6H,15H2,1H3,(H2,16,17,18,19). The van der Waals surface area contributed by atoms with Crippen molar-refractivity contribution in [3.05, 3.63) is 34.6 Å². The Hall–Kier alpha value is -2.37. The fraction of sp³-hybridized carbons (Fsp3) is 0.0833. The zero-order valence-electron chi connectivity index (χ0n) is 10.5. The van der Waals surface area contributed by atoms with Gasteiger partial charge in [0.2, 0.25) is 5.75 Å². The van der Waals surface area contributed by atoms with E-state index in [2.05, 4.69) is 42.7 Å². The number of aromatic nitrogens is 2. The summed E-state index contributed by atoms with van der Waals surface area (Å²) >= 11 is 3.32. The molecular weight excluding hydrogens is 324 g/mol. The molecular formula is C12H11BrN6O. The van der Waals surface area contributed by atoms with Crippen LogP contribution in [0.25, 0.3) is 0 Å². The average molecular weight is 335 g/mol. The molecule has 20 heavy (non-hydrogen) atoms. The van der Waals surface area contributed by atoms with Gasteiger partial charge in [0.15, 0.2) is 11.6 Å². The summed E-state index contributed by atoms with van der Waals surface area (Å²) in [5.74, 6) is 6.48. The molecule has 7 nitrogen and oxygen atoms in total. The number of halogens is 1. The van der Waals surface area contributed by atoms with E-state index in [1.807, 2.05) is 6.07 Å². The minimum Gasteiger partial charge on any atom is -0.490 e. The fourth-order valence-electron chi connectivity index (χ4n) is 1.60. The van der Waals surface area contributed by atoms with Crippen molar-refractivity contribution in [2.75, 3.05) is 17.9 Å². The van der Waals surface area contributed by atoms with Crippen molar-refractivity contribution in [3.63, 3.8) is 0 Å². The van der Waals surface area contributed by atoms with Gasteiger partial charge in [0.1, 0.15) is 12.4 Å². The number of hydrazine groups is 1. The van der Waals surface area contributed by atoms with Crippen LogP contribution in [0, 0.1) is 11.3 Å². The van der Waals surface area contributed by atoms with Gasteiger partial charge in [0, 0.05) is 4.47 Å². The molecule has 0 amide bonds. The predicted octanol–water partition coefficient (Wildman–Crippen LogP) is 2.15. The molecule has 0 aliphatic carbocycles. The number of nitrogens with zero attached hydrogens (tertiary/aromatic N) is 3. The number of hydrogen-bond donors (Lipinski definition) is 3. The van der Waals surface area contributed by atoms with Crippen molar-refractivity contribution in [2.45, 2.75) is 0 Å². The van der Waals surface area contributed by atoms with E-state index >= 15 is 0 Å². The number of nitrogens with two attached hydrogens (primary N) is 1. The van der Waals surface area contributed by atoms with Crippen LogP contribution >= 0.6 is 15.9 Å². The lowest BCUT2D eigenvalue weighted by molar-refractivity contribution is 0.415. The lowest BCUT2D eigenvalue weighted by Gasteiger charge is -2.13. The lowest BCUT2D eigenvalue weighted by Crippen LogP contribution is -2.11. The van der Waals surface area contributed by atoms with E-state index in [0.29, 0.717) is 28.6 Å². The molecule has 2 aromatic rings. The summed E-state index contributed by atoms with van der Waals surface area (Å²) < 4.78 is 6.03. The monoisotopic (exact) mass is 334 g/mol. The molecule has 0 spiro atoms. The number of ether oxygens (including phenoxy) is 1. The SMILES string of the molecule is COc1c(NN)ncnc1Nc1ccc(Br)cc1C#N. The Balaban J connectivity index is 2.43. The Morgan fingerprint density at radius 1 is 1.35 bits per heavy atom. The second kappa shape index (κ2) is 6.18. The molecule has 0 bridgehead atoms. The first-order valence-electron chi connectivity index (χ1n) is 5.52. The minimum atomic E-state index is 0.348. The van der Waals surface area contributed by atoms with E-state index in [1.165, 1.54) is 13.4 Å². The van der Waals surface area contributed by atoms with E-state index in [1.54, 1.807) is 12.1 Å². The quantitative estimate of drug-likeness (QED) is 0.580. The number of anilines is 3. The fourth-order valence-corrected chi connectivity index (χ4v) is 1.97. The number of methoxy groups -OCH3 is 1. The molecule has 8 heteroatoms. The van der Waals surface area contributed by atoms with Crippen LogP contribution in [0.3, 0.4) is 0 Å². The van der Waals surface area contributed by atoms with E-state index < -0.39 is 0 Å². The van der Waals surface area contributed by atoms with Gasteiger partial charge < -0.3 is 15.5 Å². The Labute approximate surface area is 123 Å². The summed E-state index contributed by atoms with van der Waals surface area (Å²) in [7, 11) is 1.48. The van der Waals surface area contributed by atoms with Gasteiger partial charge in [-0.05, 0) is 18.2 Å². The van der Waals surface area contributed by atoms with Crippen LogP contribution in [0.5, 0.6) is 5.75 Å². The summed E-state index contributed by atoms with van der Waals surface area (Å²) in [6.45, 7) is 0. The van der Waals surface area contributed by atoms with Crippen molar-refractivity contribution in [2.24, 2.45) is 5.84 Å². The van der Waals surface area contributed by atoms with Gasteiger partial charge in [-0.15, -0.1) is 0 Å². The molecule has 0 aliphatic heterocycles. The van der Waals surface area contributed by atoms with Crippen LogP contribution in [0.15, 0.2) is 29.0 Å². The summed E-state index contributed by atoms with van der Waals surface area (Å²) in [5, 5.41) is 12.2. The zero-order valence-corrected chi connectivity index (χ0v) is 12.1. The summed E-state index contributed by atoms with van der Waals surface area (Å²) in [4.78, 5) is 8.03. The highest BCUT2D eigenvalue weighted by Gasteiger charge is 2.13. The third-order valence-corrected chi connectivity index (χ3v) is 2.99. The first kappa shape index (κ1) is 14.0. The summed E-state index contributed by atoms with van der Waals surface area (Å²) in [6, 6.07) is 7.39. The summed E-state index contributed by atoms with van der Waals surface area (Å²) in [5.41, 5.74) is 3.50.